The molecule has 0 unspecified atom stereocenters. The summed E-state index contributed by atoms with van der Waals surface area (Å²) < 4.78 is 27.6. The number of halogens is 1. The van der Waals surface area contributed by atoms with Gasteiger partial charge in [0.05, 0.1) is 22.3 Å². The van der Waals surface area contributed by atoms with Gasteiger partial charge in [-0.05, 0) is 48.5 Å². The van der Waals surface area contributed by atoms with Crippen LogP contribution in [0.4, 0.5) is 11.4 Å². The van der Waals surface area contributed by atoms with Crippen LogP contribution in [0.15, 0.2) is 90.0 Å². The molecule has 1 heterocycles. The second-order valence-corrected chi connectivity index (χ2v) is 8.73. The number of benzene rings is 3. The number of carbonyl (C=O) groups excluding carboxylic acids is 1. The minimum Gasteiger partial charge on any atom is -0.322 e. The molecule has 0 radical (unpaired) electrons. The van der Waals surface area contributed by atoms with Crippen LogP contribution < -0.4 is 10.0 Å². The first-order chi connectivity index (χ1) is 14.9. The molecule has 9 heteroatoms. The van der Waals surface area contributed by atoms with Gasteiger partial charge in [0.15, 0.2) is 0 Å². The highest BCUT2D eigenvalue weighted by Crippen LogP contribution is 2.24. The Morgan fingerprint density at radius 1 is 0.871 bits per heavy atom. The summed E-state index contributed by atoms with van der Waals surface area (Å²) >= 11 is 5.92. The monoisotopic (exact) mass is 452 g/mol. The van der Waals surface area contributed by atoms with E-state index in [1.54, 1.807) is 54.6 Å². The summed E-state index contributed by atoms with van der Waals surface area (Å²) in [7, 11) is -3.74. The molecule has 31 heavy (non-hydrogen) atoms. The number of carbonyl (C=O) groups is 1. The highest BCUT2D eigenvalue weighted by atomic mass is 35.5. The number of hydrogen-bond acceptors (Lipinski definition) is 4. The Labute approximate surface area is 184 Å². The van der Waals surface area contributed by atoms with Crippen molar-refractivity contribution in [2.45, 2.75) is 4.90 Å². The maximum atomic E-state index is 12.7. The molecule has 0 aliphatic carbocycles. The maximum absolute atomic E-state index is 12.7. The summed E-state index contributed by atoms with van der Waals surface area (Å²) in [6.45, 7) is 0. The molecule has 0 saturated heterocycles. The van der Waals surface area contributed by atoms with Crippen LogP contribution in [-0.2, 0) is 10.0 Å². The number of aromatic nitrogens is 2. The molecular weight excluding hydrogens is 436 g/mol. The number of amides is 1. The zero-order chi connectivity index (χ0) is 21.8. The van der Waals surface area contributed by atoms with Crippen LogP contribution in [0.2, 0.25) is 5.02 Å². The predicted octanol–water partition coefficient (Wildman–Crippen LogP) is 4.78. The lowest BCUT2D eigenvalue weighted by Gasteiger charge is -2.10. The molecule has 0 spiro atoms. The molecule has 1 amide bonds. The van der Waals surface area contributed by atoms with Gasteiger partial charge >= 0.3 is 0 Å². The molecule has 0 aliphatic rings. The molecule has 0 saturated carbocycles. The first kappa shape index (κ1) is 20.6. The highest BCUT2D eigenvalue weighted by Gasteiger charge is 2.17. The van der Waals surface area contributed by atoms with Gasteiger partial charge in [-0.15, -0.1) is 0 Å². The summed E-state index contributed by atoms with van der Waals surface area (Å²) in [4.78, 5) is 12.8. The Hall–Kier alpha value is -3.62. The van der Waals surface area contributed by atoms with Crippen LogP contribution in [-0.4, -0.2) is 24.5 Å². The molecule has 1 aromatic heterocycles. The molecule has 3 aromatic carbocycles. The molecule has 7 nitrogen and oxygen atoms in total. The summed E-state index contributed by atoms with van der Waals surface area (Å²) in [5.41, 5.74) is 2.59. The van der Waals surface area contributed by atoms with Crippen molar-refractivity contribution in [1.82, 2.24) is 10.2 Å². The van der Waals surface area contributed by atoms with E-state index in [1.165, 1.54) is 30.5 Å². The average molecular weight is 453 g/mol. The smallest absolute Gasteiger partial charge is 0.261 e. The number of H-pyrrole nitrogens is 1. The number of sulfonamides is 1. The fourth-order valence-electron chi connectivity index (χ4n) is 2.93. The van der Waals surface area contributed by atoms with Gasteiger partial charge in [-0.2, -0.15) is 5.10 Å². The molecule has 4 rings (SSSR count). The largest absolute Gasteiger partial charge is 0.322 e. The normalized spacial score (nSPS) is 11.1. The molecule has 0 atom stereocenters. The summed E-state index contributed by atoms with van der Waals surface area (Å²) in [5, 5.41) is 10.1. The van der Waals surface area contributed by atoms with E-state index in [4.69, 9.17) is 11.6 Å². The molecule has 4 aromatic rings. The fraction of sp³-hybridized carbons (Fsp3) is 0. The Morgan fingerprint density at radius 3 is 2.23 bits per heavy atom. The van der Waals surface area contributed by atoms with E-state index in [9.17, 15) is 13.2 Å². The van der Waals surface area contributed by atoms with Crippen LogP contribution in [0.1, 0.15) is 10.4 Å². The molecule has 0 aliphatic heterocycles. The highest BCUT2D eigenvalue weighted by molar-refractivity contribution is 7.92. The predicted molar refractivity (Wildman–Crippen MR) is 121 cm³/mol. The zero-order valence-electron chi connectivity index (χ0n) is 16.0. The van der Waals surface area contributed by atoms with Gasteiger partial charge in [-0.1, -0.05) is 41.9 Å². The van der Waals surface area contributed by atoms with Crippen molar-refractivity contribution in [3.05, 3.63) is 95.6 Å². The van der Waals surface area contributed by atoms with Crippen molar-refractivity contribution >= 4 is 38.9 Å². The number of nitrogens with one attached hydrogen (secondary N) is 3. The van der Waals surface area contributed by atoms with Crippen LogP contribution in [0.3, 0.4) is 0 Å². The quantitative estimate of drug-likeness (QED) is 0.391. The Kier molecular flexibility index (Phi) is 5.75. The fourth-order valence-corrected chi connectivity index (χ4v) is 4.12. The minimum atomic E-state index is -3.74. The summed E-state index contributed by atoms with van der Waals surface area (Å²) in [5.74, 6) is -0.378. The Bertz CT molecular complexity index is 1300. The molecule has 0 fully saturated rings. The van der Waals surface area contributed by atoms with Crippen LogP contribution in [0.25, 0.3) is 11.3 Å². The lowest BCUT2D eigenvalue weighted by Crippen LogP contribution is -2.14. The van der Waals surface area contributed by atoms with Crippen molar-refractivity contribution in [3.8, 4) is 11.3 Å². The van der Waals surface area contributed by atoms with Crippen molar-refractivity contribution in [2.24, 2.45) is 0 Å². The third kappa shape index (κ3) is 4.76. The van der Waals surface area contributed by atoms with Gasteiger partial charge in [0.1, 0.15) is 0 Å². The first-order valence-electron chi connectivity index (χ1n) is 9.21. The standard InChI is InChI=1S/C22H17ClN4O3S/c23-16-8-6-15(7-9-16)21-20(14-24-26-21)22(28)25-17-10-12-19(13-11-17)31(29,30)27-18-4-2-1-3-5-18/h1-14,27H,(H,24,26)(H,25,28). The van der Waals surface area contributed by atoms with Gasteiger partial charge in [0.25, 0.3) is 15.9 Å². The number of para-hydroxylation sites is 1. The van der Waals surface area contributed by atoms with E-state index in [0.717, 1.165) is 5.56 Å². The SMILES string of the molecule is O=C(Nc1ccc(S(=O)(=O)Nc2ccccc2)cc1)c1cn[nH]c1-c1ccc(Cl)cc1. The number of anilines is 2. The van der Waals surface area contributed by atoms with E-state index in [-0.39, 0.29) is 10.8 Å². The number of nitrogens with zero attached hydrogens (tertiary/aromatic N) is 1. The van der Waals surface area contributed by atoms with Crippen molar-refractivity contribution in [3.63, 3.8) is 0 Å². The van der Waals surface area contributed by atoms with Crippen LogP contribution in [0.5, 0.6) is 0 Å². The summed E-state index contributed by atoms with van der Waals surface area (Å²) in [6.07, 6.45) is 1.43. The van der Waals surface area contributed by atoms with E-state index in [1.807, 2.05) is 0 Å². The molecule has 0 bridgehead atoms. The lowest BCUT2D eigenvalue weighted by molar-refractivity contribution is 0.102. The van der Waals surface area contributed by atoms with Gasteiger partial charge in [0.2, 0.25) is 0 Å². The third-order valence-corrected chi connectivity index (χ3v) is 6.11. The lowest BCUT2D eigenvalue weighted by atomic mass is 10.1. The second kappa shape index (κ2) is 8.63. The van der Waals surface area contributed by atoms with E-state index < -0.39 is 10.0 Å². The van der Waals surface area contributed by atoms with Gasteiger partial charge in [-0.25, -0.2) is 8.42 Å². The number of rotatable bonds is 6. The van der Waals surface area contributed by atoms with Gasteiger partial charge in [0, 0.05) is 22.0 Å². The second-order valence-electron chi connectivity index (χ2n) is 6.62. The Balaban J connectivity index is 1.49. The zero-order valence-corrected chi connectivity index (χ0v) is 17.6. The van der Waals surface area contributed by atoms with E-state index >= 15 is 0 Å². The van der Waals surface area contributed by atoms with Crippen molar-refractivity contribution in [2.75, 3.05) is 10.0 Å². The molecule has 3 N–H and O–H groups in total. The van der Waals surface area contributed by atoms with E-state index in [2.05, 4.69) is 20.2 Å². The van der Waals surface area contributed by atoms with Crippen LogP contribution >= 0.6 is 11.6 Å². The average Bonchev–Trinajstić information content (AvgIpc) is 3.25. The topological polar surface area (TPSA) is 104 Å². The first-order valence-corrected chi connectivity index (χ1v) is 11.1. The van der Waals surface area contributed by atoms with Crippen LogP contribution in [0, 0.1) is 0 Å². The summed E-state index contributed by atoms with van der Waals surface area (Å²) in [6, 6.07) is 21.5. The molecular formula is C22H17ClN4O3S. The number of hydrogen-bond donors (Lipinski definition) is 3. The van der Waals surface area contributed by atoms with Gasteiger partial charge < -0.3 is 5.32 Å². The third-order valence-electron chi connectivity index (χ3n) is 4.47. The number of aromatic amines is 1. The molecule has 156 valence electrons. The van der Waals surface area contributed by atoms with Crippen molar-refractivity contribution < 1.29 is 13.2 Å². The maximum Gasteiger partial charge on any atom is 0.261 e. The van der Waals surface area contributed by atoms with Gasteiger partial charge in [-0.3, -0.25) is 14.6 Å². The van der Waals surface area contributed by atoms with Crippen molar-refractivity contribution in [1.29, 1.82) is 0 Å². The van der Waals surface area contributed by atoms with E-state index in [0.29, 0.717) is 27.7 Å². The minimum absolute atomic E-state index is 0.0829. The Morgan fingerprint density at radius 2 is 1.55 bits per heavy atom.